The van der Waals surface area contributed by atoms with E-state index in [1.165, 1.54) is 0 Å². The lowest BCUT2D eigenvalue weighted by atomic mass is 10.1. The summed E-state index contributed by atoms with van der Waals surface area (Å²) >= 11 is 5.77. The Morgan fingerprint density at radius 3 is 2.39 bits per heavy atom. The molecule has 0 bridgehead atoms. The maximum atomic E-state index is 9.10. The SMILES string of the molecule is CN(c1ccc(CCl)cc1)c1ccccc1C#N. The summed E-state index contributed by atoms with van der Waals surface area (Å²) in [7, 11) is 1.95. The summed E-state index contributed by atoms with van der Waals surface area (Å²) in [5.74, 6) is 0.513. The zero-order valence-electron chi connectivity index (χ0n) is 10.1. The number of para-hydroxylation sites is 1. The number of nitrogens with zero attached hydrogens (tertiary/aromatic N) is 2. The molecular formula is C15H13ClN2. The molecule has 0 fully saturated rings. The second kappa shape index (κ2) is 5.57. The minimum Gasteiger partial charge on any atom is -0.344 e. The van der Waals surface area contributed by atoms with Crippen molar-refractivity contribution in [3.05, 3.63) is 59.7 Å². The molecule has 0 saturated heterocycles. The third kappa shape index (κ3) is 2.47. The van der Waals surface area contributed by atoms with E-state index >= 15 is 0 Å². The molecule has 0 amide bonds. The predicted octanol–water partition coefficient (Wildman–Crippen LogP) is 4.06. The molecule has 0 aliphatic heterocycles. The average Bonchev–Trinajstić information content (AvgIpc) is 2.46. The van der Waals surface area contributed by atoms with Gasteiger partial charge in [0.25, 0.3) is 0 Å². The van der Waals surface area contributed by atoms with Crippen molar-refractivity contribution in [1.29, 1.82) is 5.26 Å². The minimum atomic E-state index is 0.513. The Labute approximate surface area is 112 Å². The molecule has 0 aliphatic carbocycles. The van der Waals surface area contributed by atoms with Crippen molar-refractivity contribution in [2.75, 3.05) is 11.9 Å². The van der Waals surface area contributed by atoms with Crippen LogP contribution in [0.1, 0.15) is 11.1 Å². The molecule has 0 aromatic heterocycles. The van der Waals surface area contributed by atoms with E-state index in [9.17, 15) is 0 Å². The maximum Gasteiger partial charge on any atom is 0.101 e. The number of rotatable bonds is 3. The van der Waals surface area contributed by atoms with E-state index in [1.807, 2.05) is 60.5 Å². The van der Waals surface area contributed by atoms with Gasteiger partial charge < -0.3 is 4.90 Å². The molecule has 0 N–H and O–H groups in total. The molecule has 90 valence electrons. The molecule has 0 unspecified atom stereocenters. The van der Waals surface area contributed by atoms with Gasteiger partial charge in [0.15, 0.2) is 0 Å². The van der Waals surface area contributed by atoms with Gasteiger partial charge in [-0.3, -0.25) is 0 Å². The molecule has 2 nitrogen and oxygen atoms in total. The van der Waals surface area contributed by atoms with Crippen LogP contribution in [0, 0.1) is 11.3 Å². The van der Waals surface area contributed by atoms with Crippen molar-refractivity contribution in [1.82, 2.24) is 0 Å². The van der Waals surface area contributed by atoms with Gasteiger partial charge in [0, 0.05) is 18.6 Å². The molecule has 0 atom stereocenters. The van der Waals surface area contributed by atoms with Crippen LogP contribution >= 0.6 is 11.6 Å². The van der Waals surface area contributed by atoms with E-state index in [-0.39, 0.29) is 0 Å². The monoisotopic (exact) mass is 256 g/mol. The van der Waals surface area contributed by atoms with Gasteiger partial charge in [0.1, 0.15) is 6.07 Å². The molecule has 2 aromatic carbocycles. The molecule has 0 saturated carbocycles. The largest absolute Gasteiger partial charge is 0.344 e. The summed E-state index contributed by atoms with van der Waals surface area (Å²) < 4.78 is 0. The van der Waals surface area contributed by atoms with E-state index in [0.717, 1.165) is 16.9 Å². The molecule has 0 spiro atoms. The summed E-state index contributed by atoms with van der Waals surface area (Å²) in [4.78, 5) is 2.00. The van der Waals surface area contributed by atoms with Crippen LogP contribution in [0.5, 0.6) is 0 Å². The Kier molecular flexibility index (Phi) is 3.86. The topological polar surface area (TPSA) is 27.0 Å². The standard InChI is InChI=1S/C15H13ClN2/c1-18(14-8-6-12(10-16)7-9-14)15-5-3-2-4-13(15)11-17/h2-9H,10H2,1H3. The zero-order chi connectivity index (χ0) is 13.0. The highest BCUT2D eigenvalue weighted by Gasteiger charge is 2.08. The smallest absolute Gasteiger partial charge is 0.101 e. The molecule has 2 rings (SSSR count). The Morgan fingerprint density at radius 2 is 1.78 bits per heavy atom. The van der Waals surface area contributed by atoms with E-state index in [4.69, 9.17) is 16.9 Å². The number of hydrogen-bond acceptors (Lipinski definition) is 2. The van der Waals surface area contributed by atoms with Crippen molar-refractivity contribution in [3.8, 4) is 6.07 Å². The van der Waals surface area contributed by atoms with Crippen LogP contribution < -0.4 is 4.90 Å². The van der Waals surface area contributed by atoms with Gasteiger partial charge in [-0.15, -0.1) is 11.6 Å². The fourth-order valence-corrected chi connectivity index (χ4v) is 1.99. The lowest BCUT2D eigenvalue weighted by Crippen LogP contribution is -2.10. The van der Waals surface area contributed by atoms with Gasteiger partial charge in [-0.05, 0) is 29.8 Å². The molecule has 2 aromatic rings. The molecule has 0 aliphatic rings. The first kappa shape index (κ1) is 12.5. The van der Waals surface area contributed by atoms with Crippen LogP contribution in [0.15, 0.2) is 48.5 Å². The van der Waals surface area contributed by atoms with Crippen molar-refractivity contribution in [2.24, 2.45) is 0 Å². The van der Waals surface area contributed by atoms with Crippen molar-refractivity contribution in [2.45, 2.75) is 5.88 Å². The van der Waals surface area contributed by atoms with Crippen LogP contribution in [0.3, 0.4) is 0 Å². The number of anilines is 2. The van der Waals surface area contributed by atoms with E-state index < -0.39 is 0 Å². The average molecular weight is 257 g/mol. The number of hydrogen-bond donors (Lipinski definition) is 0. The molecule has 3 heteroatoms. The summed E-state index contributed by atoms with van der Waals surface area (Å²) in [5.41, 5.74) is 3.69. The van der Waals surface area contributed by atoms with Crippen molar-refractivity contribution in [3.63, 3.8) is 0 Å². The third-order valence-electron chi connectivity index (χ3n) is 2.86. The van der Waals surface area contributed by atoms with Crippen LogP contribution in [0.4, 0.5) is 11.4 Å². The molecule has 0 heterocycles. The highest BCUT2D eigenvalue weighted by atomic mass is 35.5. The fraction of sp³-hybridized carbons (Fsp3) is 0.133. The molecular weight excluding hydrogens is 244 g/mol. The van der Waals surface area contributed by atoms with Gasteiger partial charge in [0.05, 0.1) is 11.3 Å². The van der Waals surface area contributed by atoms with Gasteiger partial charge in [0.2, 0.25) is 0 Å². The van der Waals surface area contributed by atoms with Gasteiger partial charge in [-0.25, -0.2) is 0 Å². The second-order valence-electron chi connectivity index (χ2n) is 3.99. The van der Waals surface area contributed by atoms with E-state index in [1.54, 1.807) is 0 Å². The Morgan fingerprint density at radius 1 is 1.11 bits per heavy atom. The summed E-state index contributed by atoms with van der Waals surface area (Å²) in [6.45, 7) is 0. The first-order chi connectivity index (χ1) is 8.76. The van der Waals surface area contributed by atoms with Crippen LogP contribution in [0.25, 0.3) is 0 Å². The summed E-state index contributed by atoms with van der Waals surface area (Å²) in [6, 6.07) is 17.8. The van der Waals surface area contributed by atoms with Crippen molar-refractivity contribution < 1.29 is 0 Å². The predicted molar refractivity (Wildman–Crippen MR) is 75.2 cm³/mol. The normalized spacial score (nSPS) is 9.83. The van der Waals surface area contributed by atoms with Crippen LogP contribution in [-0.4, -0.2) is 7.05 Å². The quantitative estimate of drug-likeness (QED) is 0.774. The lowest BCUT2D eigenvalue weighted by molar-refractivity contribution is 1.19. The molecule has 18 heavy (non-hydrogen) atoms. The first-order valence-corrected chi connectivity index (χ1v) is 6.17. The zero-order valence-corrected chi connectivity index (χ0v) is 10.9. The van der Waals surface area contributed by atoms with Crippen LogP contribution in [0.2, 0.25) is 0 Å². The highest BCUT2D eigenvalue weighted by molar-refractivity contribution is 6.17. The number of halogens is 1. The summed E-state index contributed by atoms with van der Waals surface area (Å²) in [6.07, 6.45) is 0. The number of alkyl halides is 1. The first-order valence-electron chi connectivity index (χ1n) is 5.64. The molecule has 0 radical (unpaired) electrons. The number of nitriles is 1. The van der Waals surface area contributed by atoms with E-state index in [2.05, 4.69) is 6.07 Å². The lowest BCUT2D eigenvalue weighted by Gasteiger charge is -2.20. The summed E-state index contributed by atoms with van der Waals surface area (Å²) in [5, 5.41) is 9.10. The Balaban J connectivity index is 2.35. The van der Waals surface area contributed by atoms with Gasteiger partial charge in [-0.2, -0.15) is 5.26 Å². The van der Waals surface area contributed by atoms with Gasteiger partial charge in [-0.1, -0.05) is 24.3 Å². The highest BCUT2D eigenvalue weighted by Crippen LogP contribution is 2.26. The Bertz CT molecular complexity index is 570. The fourth-order valence-electron chi connectivity index (χ4n) is 1.81. The minimum absolute atomic E-state index is 0.513. The Hall–Kier alpha value is -1.98. The second-order valence-corrected chi connectivity index (χ2v) is 4.26. The maximum absolute atomic E-state index is 9.10. The van der Waals surface area contributed by atoms with Crippen LogP contribution in [-0.2, 0) is 5.88 Å². The van der Waals surface area contributed by atoms with Gasteiger partial charge >= 0.3 is 0 Å². The third-order valence-corrected chi connectivity index (χ3v) is 3.17. The number of benzene rings is 2. The van der Waals surface area contributed by atoms with Crippen molar-refractivity contribution >= 4 is 23.0 Å². The van der Waals surface area contributed by atoms with E-state index in [0.29, 0.717) is 11.4 Å².